The van der Waals surface area contributed by atoms with Crippen LogP contribution in [0.5, 0.6) is 11.5 Å². The fraction of sp³-hybridized carbons (Fsp3) is 0.333. The van der Waals surface area contributed by atoms with Gasteiger partial charge in [0.15, 0.2) is 11.6 Å². The summed E-state index contributed by atoms with van der Waals surface area (Å²) in [5.74, 6) is 0.550. The topological polar surface area (TPSA) is 12.5 Å². The molecule has 1 aliphatic heterocycles. The Hall–Kier alpha value is -2.13. The quantitative estimate of drug-likeness (QED) is 0.719. The zero-order chi connectivity index (χ0) is 16.8. The van der Waals surface area contributed by atoms with E-state index in [4.69, 9.17) is 4.74 Å². The molecule has 0 unspecified atom stereocenters. The van der Waals surface area contributed by atoms with Crippen molar-refractivity contribution in [1.29, 1.82) is 0 Å². The van der Waals surface area contributed by atoms with E-state index in [2.05, 4.69) is 17.9 Å². The van der Waals surface area contributed by atoms with Crippen LogP contribution in [0.3, 0.4) is 0 Å². The number of benzene rings is 2. The molecule has 0 saturated carbocycles. The second kappa shape index (κ2) is 8.11. The van der Waals surface area contributed by atoms with Crippen molar-refractivity contribution in [3.8, 4) is 11.5 Å². The predicted octanol–water partition coefficient (Wildman–Crippen LogP) is 5.51. The van der Waals surface area contributed by atoms with Gasteiger partial charge in [0.1, 0.15) is 5.75 Å². The number of hydrogen-bond acceptors (Lipinski definition) is 2. The number of ether oxygens (including phenoxy) is 1. The molecule has 0 N–H and O–H groups in total. The number of nitrogens with zero attached hydrogens (tertiary/aromatic N) is 1. The molecule has 2 aromatic carbocycles. The van der Waals surface area contributed by atoms with Crippen LogP contribution in [-0.4, -0.2) is 24.5 Å². The van der Waals surface area contributed by atoms with Crippen molar-refractivity contribution in [3.05, 3.63) is 66.0 Å². The van der Waals surface area contributed by atoms with Crippen molar-refractivity contribution in [2.45, 2.75) is 26.2 Å². The van der Waals surface area contributed by atoms with E-state index < -0.39 is 0 Å². The predicted molar refractivity (Wildman–Crippen MR) is 96.9 cm³/mol. The SMILES string of the molecule is CC(=CCN1CCCCC1)c1ccc(Oc2ccccc2F)cc1. The Morgan fingerprint density at radius 1 is 1.04 bits per heavy atom. The zero-order valence-electron chi connectivity index (χ0n) is 14.2. The molecule has 0 spiro atoms. The van der Waals surface area contributed by atoms with Crippen LogP contribution in [0, 0.1) is 5.82 Å². The minimum Gasteiger partial charge on any atom is -0.454 e. The van der Waals surface area contributed by atoms with Crippen molar-refractivity contribution >= 4 is 5.57 Å². The summed E-state index contributed by atoms with van der Waals surface area (Å²) < 4.78 is 19.2. The summed E-state index contributed by atoms with van der Waals surface area (Å²) in [5, 5.41) is 0. The van der Waals surface area contributed by atoms with E-state index in [-0.39, 0.29) is 11.6 Å². The highest BCUT2D eigenvalue weighted by Gasteiger charge is 2.08. The Bertz CT molecular complexity index is 687. The fourth-order valence-electron chi connectivity index (χ4n) is 2.97. The molecule has 0 atom stereocenters. The van der Waals surface area contributed by atoms with Gasteiger partial charge in [0.05, 0.1) is 0 Å². The molecule has 24 heavy (non-hydrogen) atoms. The monoisotopic (exact) mass is 325 g/mol. The summed E-state index contributed by atoms with van der Waals surface area (Å²) in [6.45, 7) is 5.56. The van der Waals surface area contributed by atoms with Gasteiger partial charge in [-0.15, -0.1) is 0 Å². The average Bonchev–Trinajstić information content (AvgIpc) is 2.63. The van der Waals surface area contributed by atoms with E-state index in [0.29, 0.717) is 5.75 Å². The highest BCUT2D eigenvalue weighted by atomic mass is 19.1. The van der Waals surface area contributed by atoms with E-state index >= 15 is 0 Å². The van der Waals surface area contributed by atoms with Gasteiger partial charge >= 0.3 is 0 Å². The molecule has 2 nitrogen and oxygen atoms in total. The summed E-state index contributed by atoms with van der Waals surface area (Å²) in [6, 6.07) is 14.3. The maximum atomic E-state index is 13.6. The van der Waals surface area contributed by atoms with Gasteiger partial charge in [0.2, 0.25) is 0 Å². The number of piperidine rings is 1. The summed E-state index contributed by atoms with van der Waals surface area (Å²) in [5.41, 5.74) is 2.44. The van der Waals surface area contributed by atoms with Gasteiger partial charge in [-0.3, -0.25) is 4.90 Å². The molecule has 1 saturated heterocycles. The first-order chi connectivity index (χ1) is 11.7. The Balaban J connectivity index is 1.62. The molecule has 3 heteroatoms. The normalized spacial score (nSPS) is 16.2. The Labute approximate surface area is 143 Å². The van der Waals surface area contributed by atoms with Gasteiger partial charge in [0.25, 0.3) is 0 Å². The van der Waals surface area contributed by atoms with Crippen LogP contribution in [-0.2, 0) is 0 Å². The lowest BCUT2D eigenvalue weighted by Gasteiger charge is -2.25. The molecule has 0 amide bonds. The van der Waals surface area contributed by atoms with E-state index in [1.54, 1.807) is 18.2 Å². The summed E-state index contributed by atoms with van der Waals surface area (Å²) in [6.07, 6.45) is 6.28. The molecule has 2 aromatic rings. The molecule has 0 bridgehead atoms. The molecule has 1 fully saturated rings. The third kappa shape index (κ3) is 4.45. The van der Waals surface area contributed by atoms with Crippen molar-refractivity contribution in [2.75, 3.05) is 19.6 Å². The number of halogens is 1. The van der Waals surface area contributed by atoms with Crippen molar-refractivity contribution in [2.24, 2.45) is 0 Å². The summed E-state index contributed by atoms with van der Waals surface area (Å²) in [4.78, 5) is 2.50. The Morgan fingerprint density at radius 2 is 1.75 bits per heavy atom. The molecule has 0 radical (unpaired) electrons. The number of allylic oxidation sites excluding steroid dienone is 1. The van der Waals surface area contributed by atoms with Gasteiger partial charge in [-0.2, -0.15) is 0 Å². The van der Waals surface area contributed by atoms with E-state index in [1.165, 1.54) is 49.6 Å². The first-order valence-corrected chi connectivity index (χ1v) is 8.64. The van der Waals surface area contributed by atoms with Gasteiger partial charge in [-0.05, 0) is 68.3 Å². The fourth-order valence-corrected chi connectivity index (χ4v) is 2.97. The second-order valence-electron chi connectivity index (χ2n) is 6.31. The molecule has 1 heterocycles. The molecule has 3 rings (SSSR count). The molecule has 0 aliphatic carbocycles. The van der Waals surface area contributed by atoms with Crippen LogP contribution in [0.25, 0.3) is 5.57 Å². The van der Waals surface area contributed by atoms with Gasteiger partial charge in [0, 0.05) is 6.54 Å². The van der Waals surface area contributed by atoms with Gasteiger partial charge < -0.3 is 4.74 Å². The zero-order valence-corrected chi connectivity index (χ0v) is 14.2. The number of likely N-dealkylation sites (tertiary alicyclic amines) is 1. The first-order valence-electron chi connectivity index (χ1n) is 8.64. The van der Waals surface area contributed by atoms with Crippen LogP contribution in [0.1, 0.15) is 31.7 Å². The third-order valence-corrected chi connectivity index (χ3v) is 4.48. The summed E-state index contributed by atoms with van der Waals surface area (Å²) >= 11 is 0. The molecular formula is C21H24FNO. The summed E-state index contributed by atoms with van der Waals surface area (Å²) in [7, 11) is 0. The lowest BCUT2D eigenvalue weighted by atomic mass is 10.1. The highest BCUT2D eigenvalue weighted by molar-refractivity contribution is 5.64. The van der Waals surface area contributed by atoms with Crippen molar-refractivity contribution in [3.63, 3.8) is 0 Å². The standard InChI is InChI=1S/C21H24FNO/c1-17(13-16-23-14-5-2-6-15-23)18-9-11-19(12-10-18)24-21-8-4-3-7-20(21)22/h3-4,7-13H,2,5-6,14-16H2,1H3. The van der Waals surface area contributed by atoms with Gasteiger partial charge in [-0.1, -0.05) is 36.8 Å². The van der Waals surface area contributed by atoms with Crippen LogP contribution in [0.2, 0.25) is 0 Å². The van der Waals surface area contributed by atoms with Gasteiger partial charge in [-0.25, -0.2) is 4.39 Å². The Kier molecular flexibility index (Phi) is 5.65. The number of hydrogen-bond donors (Lipinski definition) is 0. The maximum Gasteiger partial charge on any atom is 0.165 e. The van der Waals surface area contributed by atoms with E-state index in [0.717, 1.165) is 6.54 Å². The molecule has 126 valence electrons. The molecular weight excluding hydrogens is 301 g/mol. The van der Waals surface area contributed by atoms with Crippen LogP contribution in [0.15, 0.2) is 54.6 Å². The minimum atomic E-state index is -0.348. The number of rotatable bonds is 5. The van der Waals surface area contributed by atoms with Crippen LogP contribution >= 0.6 is 0 Å². The van der Waals surface area contributed by atoms with Crippen LogP contribution < -0.4 is 4.74 Å². The lowest BCUT2D eigenvalue weighted by molar-refractivity contribution is 0.251. The largest absolute Gasteiger partial charge is 0.454 e. The maximum absolute atomic E-state index is 13.6. The number of para-hydroxylation sites is 1. The second-order valence-corrected chi connectivity index (χ2v) is 6.31. The molecule has 0 aromatic heterocycles. The van der Waals surface area contributed by atoms with Crippen LogP contribution in [0.4, 0.5) is 4.39 Å². The van der Waals surface area contributed by atoms with Crippen molar-refractivity contribution in [1.82, 2.24) is 4.90 Å². The third-order valence-electron chi connectivity index (χ3n) is 4.48. The Morgan fingerprint density at radius 3 is 2.46 bits per heavy atom. The van der Waals surface area contributed by atoms with E-state index in [1.807, 2.05) is 24.3 Å². The van der Waals surface area contributed by atoms with Crippen molar-refractivity contribution < 1.29 is 9.13 Å². The highest BCUT2D eigenvalue weighted by Crippen LogP contribution is 2.25. The lowest BCUT2D eigenvalue weighted by Crippen LogP contribution is -2.29. The first kappa shape index (κ1) is 16.7. The van der Waals surface area contributed by atoms with E-state index in [9.17, 15) is 4.39 Å². The average molecular weight is 325 g/mol. The minimum absolute atomic E-state index is 0.252. The smallest absolute Gasteiger partial charge is 0.165 e. The molecule has 1 aliphatic rings.